The minimum atomic E-state index is -1.20. The fraction of sp³-hybridized carbons (Fsp3) is 0.0952. The fourth-order valence-corrected chi connectivity index (χ4v) is 1.95. The third-order valence-corrected chi connectivity index (χ3v) is 3.26. The van der Waals surface area contributed by atoms with Crippen molar-refractivity contribution >= 4 is 18.1 Å². The summed E-state index contributed by atoms with van der Waals surface area (Å²) < 4.78 is 16.9. The summed E-state index contributed by atoms with van der Waals surface area (Å²) in [5.41, 5.74) is 1.06. The molecule has 29 heavy (non-hydrogen) atoms. The van der Waals surface area contributed by atoms with E-state index in [4.69, 9.17) is 4.74 Å². The lowest BCUT2D eigenvalue weighted by atomic mass is 10.00. The van der Waals surface area contributed by atoms with Gasteiger partial charge in [0, 0.05) is 5.56 Å². The Morgan fingerprint density at radius 1 is 0.897 bits per heavy atom. The molecule has 8 heteroatoms. The topological polar surface area (TPSA) is 108 Å². The average Bonchev–Trinajstić information content (AvgIpc) is 2.74. The van der Waals surface area contributed by atoms with Gasteiger partial charge >= 0.3 is 12.3 Å². The Kier molecular flexibility index (Phi) is 9.95. The van der Waals surface area contributed by atoms with Crippen LogP contribution in [0.1, 0.15) is 22.0 Å². The number of hydrogen-bond donors (Lipinski definition) is 1. The molecule has 0 aliphatic carbocycles. The van der Waals surface area contributed by atoms with E-state index < -0.39 is 18.4 Å². The predicted octanol–water partition coefficient (Wildman–Crippen LogP) is 4.17. The van der Waals surface area contributed by atoms with Gasteiger partial charge in [0.2, 0.25) is 0 Å². The van der Waals surface area contributed by atoms with Crippen molar-refractivity contribution < 1.29 is 38.4 Å². The third-order valence-electron chi connectivity index (χ3n) is 3.26. The molecule has 1 unspecified atom stereocenters. The standard InChI is InChI=1S/C15H14O3.C6H6O5/c1-18-13-9-7-12(8-10-13)15(17)14(16)11-5-3-2-4-6-11;1-3-9-5(7)11-6(8)10-4-2/h2-10,15,17H,1H3;3-4H,1-2H2. The van der Waals surface area contributed by atoms with Crippen molar-refractivity contribution in [2.75, 3.05) is 7.11 Å². The number of methoxy groups -OCH3 is 1. The number of benzene rings is 2. The SMILES string of the molecule is C=COC(=O)OC(=O)OC=C.COc1ccc(C(O)C(=O)c2ccccc2)cc1. The largest absolute Gasteiger partial charge is 0.523 e. The van der Waals surface area contributed by atoms with Crippen molar-refractivity contribution in [3.63, 3.8) is 0 Å². The number of aliphatic hydroxyl groups is 1. The highest BCUT2D eigenvalue weighted by atomic mass is 16.8. The fourth-order valence-electron chi connectivity index (χ4n) is 1.95. The smallest absolute Gasteiger partial charge is 0.497 e. The van der Waals surface area contributed by atoms with Gasteiger partial charge in [-0.3, -0.25) is 4.79 Å². The van der Waals surface area contributed by atoms with Gasteiger partial charge < -0.3 is 24.1 Å². The van der Waals surface area contributed by atoms with Gasteiger partial charge in [-0.25, -0.2) is 9.59 Å². The molecule has 0 saturated heterocycles. The van der Waals surface area contributed by atoms with Crippen LogP contribution in [0.2, 0.25) is 0 Å². The number of Topliss-reactive ketones (excluding diaryl/α,β-unsaturated/α-hetero) is 1. The van der Waals surface area contributed by atoms with Crippen LogP contribution < -0.4 is 4.74 Å². The van der Waals surface area contributed by atoms with E-state index in [1.165, 1.54) is 0 Å². The van der Waals surface area contributed by atoms with Crippen LogP contribution in [0.25, 0.3) is 0 Å². The Morgan fingerprint density at radius 3 is 1.86 bits per heavy atom. The van der Waals surface area contributed by atoms with Crippen LogP contribution in [-0.4, -0.2) is 30.3 Å². The molecular formula is C21H20O8. The number of rotatable bonds is 6. The summed E-state index contributed by atoms with van der Waals surface area (Å²) in [4.78, 5) is 32.6. The van der Waals surface area contributed by atoms with Gasteiger partial charge in [-0.2, -0.15) is 0 Å². The molecule has 1 atom stereocenters. The average molecular weight is 400 g/mol. The second-order valence-electron chi connectivity index (χ2n) is 5.08. The molecular weight excluding hydrogens is 380 g/mol. The zero-order valence-corrected chi connectivity index (χ0v) is 15.6. The van der Waals surface area contributed by atoms with E-state index in [2.05, 4.69) is 27.4 Å². The van der Waals surface area contributed by atoms with Gasteiger partial charge in [-0.1, -0.05) is 55.6 Å². The second-order valence-corrected chi connectivity index (χ2v) is 5.08. The lowest BCUT2D eigenvalue weighted by Gasteiger charge is -2.10. The van der Waals surface area contributed by atoms with E-state index in [0.717, 1.165) is 12.5 Å². The predicted molar refractivity (Wildman–Crippen MR) is 103 cm³/mol. The Bertz CT molecular complexity index is 808. The van der Waals surface area contributed by atoms with Gasteiger partial charge in [0.05, 0.1) is 19.6 Å². The molecule has 0 radical (unpaired) electrons. The molecule has 2 rings (SSSR count). The van der Waals surface area contributed by atoms with E-state index in [-0.39, 0.29) is 5.78 Å². The minimum Gasteiger partial charge on any atom is -0.497 e. The maximum atomic E-state index is 12.0. The van der Waals surface area contributed by atoms with E-state index in [9.17, 15) is 19.5 Å². The maximum Gasteiger partial charge on any atom is 0.523 e. The Morgan fingerprint density at radius 2 is 1.41 bits per heavy atom. The van der Waals surface area contributed by atoms with Crippen molar-refractivity contribution in [3.8, 4) is 5.75 Å². The summed E-state index contributed by atoms with van der Waals surface area (Å²) in [6.07, 6.45) is -1.90. The van der Waals surface area contributed by atoms with Crippen LogP contribution in [0.3, 0.4) is 0 Å². The van der Waals surface area contributed by atoms with Crippen LogP contribution in [0.4, 0.5) is 9.59 Å². The molecule has 152 valence electrons. The molecule has 0 amide bonds. The molecule has 0 spiro atoms. The Labute approximate surface area is 167 Å². The first-order chi connectivity index (χ1) is 13.9. The second kappa shape index (κ2) is 12.5. The van der Waals surface area contributed by atoms with Gasteiger partial charge in [0.1, 0.15) is 11.9 Å². The molecule has 2 aromatic carbocycles. The molecule has 1 N–H and O–H groups in total. The third kappa shape index (κ3) is 8.10. The summed E-state index contributed by atoms with van der Waals surface area (Å²) in [5.74, 6) is 0.388. The maximum absolute atomic E-state index is 12.0. The van der Waals surface area contributed by atoms with E-state index in [1.807, 2.05) is 6.07 Å². The highest BCUT2D eigenvalue weighted by Gasteiger charge is 2.18. The lowest BCUT2D eigenvalue weighted by molar-refractivity contribution is 0.0715. The number of ether oxygens (including phenoxy) is 4. The van der Waals surface area contributed by atoms with Gasteiger partial charge in [0.25, 0.3) is 0 Å². The zero-order valence-electron chi connectivity index (χ0n) is 15.6. The van der Waals surface area contributed by atoms with E-state index in [1.54, 1.807) is 55.6 Å². The lowest BCUT2D eigenvalue weighted by Crippen LogP contribution is -2.12. The Balaban J connectivity index is 0.000000331. The van der Waals surface area contributed by atoms with E-state index >= 15 is 0 Å². The van der Waals surface area contributed by atoms with Crippen molar-refractivity contribution in [1.82, 2.24) is 0 Å². The molecule has 2 aromatic rings. The highest BCUT2D eigenvalue weighted by molar-refractivity contribution is 5.99. The minimum absolute atomic E-state index is 0.305. The van der Waals surface area contributed by atoms with Crippen LogP contribution in [-0.2, 0) is 14.2 Å². The summed E-state index contributed by atoms with van der Waals surface area (Å²) in [6.45, 7) is 6.12. The summed E-state index contributed by atoms with van der Waals surface area (Å²) in [6, 6.07) is 15.6. The van der Waals surface area contributed by atoms with Crippen LogP contribution in [0.5, 0.6) is 5.75 Å². The van der Waals surface area contributed by atoms with Crippen LogP contribution >= 0.6 is 0 Å². The monoisotopic (exact) mass is 400 g/mol. The molecule has 0 aliphatic heterocycles. The van der Waals surface area contributed by atoms with Crippen LogP contribution in [0, 0.1) is 0 Å². The van der Waals surface area contributed by atoms with E-state index in [0.29, 0.717) is 16.9 Å². The molecule has 0 heterocycles. The Hall–Kier alpha value is -3.91. The van der Waals surface area contributed by atoms with Crippen molar-refractivity contribution in [3.05, 3.63) is 91.4 Å². The number of hydrogen-bond acceptors (Lipinski definition) is 8. The van der Waals surface area contributed by atoms with Gasteiger partial charge in [0.15, 0.2) is 5.78 Å². The zero-order chi connectivity index (χ0) is 21.6. The molecule has 0 fully saturated rings. The molecule has 0 aromatic heterocycles. The first kappa shape index (κ1) is 23.1. The van der Waals surface area contributed by atoms with Gasteiger partial charge in [-0.15, -0.1) is 0 Å². The number of ketones is 1. The van der Waals surface area contributed by atoms with Crippen LogP contribution in [0.15, 0.2) is 80.3 Å². The number of carbonyl (C=O) groups is 3. The van der Waals surface area contributed by atoms with Crippen molar-refractivity contribution in [2.24, 2.45) is 0 Å². The molecule has 0 aliphatic rings. The first-order valence-electron chi connectivity index (χ1n) is 8.15. The molecule has 0 saturated carbocycles. The molecule has 0 bridgehead atoms. The quantitative estimate of drug-likeness (QED) is 0.333. The summed E-state index contributed by atoms with van der Waals surface area (Å²) in [5, 5.41) is 10.0. The highest BCUT2D eigenvalue weighted by Crippen LogP contribution is 2.21. The summed E-state index contributed by atoms with van der Waals surface area (Å²) >= 11 is 0. The summed E-state index contributed by atoms with van der Waals surface area (Å²) in [7, 11) is 1.57. The first-order valence-corrected chi connectivity index (χ1v) is 8.15. The number of aliphatic hydroxyl groups excluding tert-OH is 1. The normalized spacial score (nSPS) is 10.3. The number of carbonyl (C=O) groups excluding carboxylic acids is 3. The van der Waals surface area contributed by atoms with Crippen molar-refractivity contribution in [2.45, 2.75) is 6.10 Å². The van der Waals surface area contributed by atoms with Gasteiger partial charge in [-0.05, 0) is 17.7 Å². The van der Waals surface area contributed by atoms with Crippen molar-refractivity contribution in [1.29, 1.82) is 0 Å². The molecule has 8 nitrogen and oxygen atoms in total.